The zero-order valence-corrected chi connectivity index (χ0v) is 30.5. The number of amides is 2. The number of carbonyl (C=O) groups is 2. The number of carbonyl (C=O) groups excluding carboxylic acids is 2. The van der Waals surface area contributed by atoms with E-state index >= 15 is 0 Å². The third kappa shape index (κ3) is 9.71. The Bertz CT molecular complexity index is 1910. The van der Waals surface area contributed by atoms with Gasteiger partial charge in [-0.3, -0.25) is 9.59 Å². The lowest BCUT2D eigenvalue weighted by atomic mass is 10.1. The van der Waals surface area contributed by atoms with Crippen molar-refractivity contribution >= 4 is 52.3 Å². The van der Waals surface area contributed by atoms with Crippen molar-refractivity contribution in [1.82, 2.24) is 24.2 Å². The number of phenols is 1. The third-order valence-corrected chi connectivity index (χ3v) is 8.85. The molecule has 13 nitrogen and oxygen atoms in total. The molecule has 266 valence electrons. The molecule has 3 aromatic carbocycles. The van der Waals surface area contributed by atoms with Crippen LogP contribution in [0.3, 0.4) is 0 Å². The highest BCUT2D eigenvalue weighted by Gasteiger charge is 2.23. The fraction of sp³-hybridized carbons (Fsp3) is 0.306. The minimum Gasteiger partial charge on any atom is -0.506 e. The smallest absolute Gasteiger partial charge is 0.421 e. The Hall–Kier alpha value is -5.27. The van der Waals surface area contributed by atoms with Crippen molar-refractivity contribution in [2.45, 2.75) is 25.7 Å². The van der Waals surface area contributed by atoms with Crippen LogP contribution in [0, 0.1) is 0 Å². The maximum absolute atomic E-state index is 13.2. The van der Waals surface area contributed by atoms with Gasteiger partial charge in [-0.05, 0) is 73.5 Å². The molecule has 1 aliphatic rings. The Morgan fingerprint density at radius 2 is 1.43 bits per heavy atom. The highest BCUT2D eigenvalue weighted by molar-refractivity contribution is 6.31. The van der Waals surface area contributed by atoms with Crippen molar-refractivity contribution in [2.75, 3.05) is 40.8 Å². The van der Waals surface area contributed by atoms with E-state index in [4.69, 9.17) is 23.2 Å². The molecule has 0 aliphatic carbocycles. The van der Waals surface area contributed by atoms with Crippen molar-refractivity contribution in [1.29, 1.82) is 0 Å². The van der Waals surface area contributed by atoms with Gasteiger partial charge in [-0.2, -0.15) is 5.11 Å². The second-order valence-electron chi connectivity index (χ2n) is 12.2. The number of phenolic OH excluding ortho intramolecular Hbond substituents is 1. The molecule has 1 N–H and O–H groups in total. The van der Waals surface area contributed by atoms with Crippen LogP contribution >= 0.6 is 23.2 Å². The molecule has 51 heavy (non-hydrogen) atoms. The molecule has 1 aliphatic heterocycles. The SMILES string of the molecule is CN(CCCN1C=CN(C)C1N=Nc1ccc(Cl)cc1)C(=O)c1ccc(C(=O)N(C)CCCn2cc[n+](C)c2N=Nc2ccc(Cl)cc2O)cc1. The van der Waals surface area contributed by atoms with Crippen LogP contribution in [-0.2, 0) is 13.6 Å². The number of aromatic nitrogens is 2. The number of aryl methyl sites for hydroxylation is 2. The number of azo groups is 2. The van der Waals surface area contributed by atoms with E-state index in [2.05, 4.69) is 25.4 Å². The Kier molecular flexibility index (Phi) is 12.4. The highest BCUT2D eigenvalue weighted by atomic mass is 35.5. The second kappa shape index (κ2) is 17.1. The summed E-state index contributed by atoms with van der Waals surface area (Å²) in [4.78, 5) is 33.7. The molecule has 0 bridgehead atoms. The first-order valence-electron chi connectivity index (χ1n) is 16.4. The van der Waals surface area contributed by atoms with Gasteiger partial charge in [0.05, 0.1) is 31.7 Å². The number of aromatic hydroxyl groups is 1. The lowest BCUT2D eigenvalue weighted by molar-refractivity contribution is -0.657. The van der Waals surface area contributed by atoms with E-state index < -0.39 is 0 Å². The summed E-state index contributed by atoms with van der Waals surface area (Å²) in [6, 6.07) is 18.6. The van der Waals surface area contributed by atoms with E-state index in [9.17, 15) is 14.7 Å². The molecule has 15 heteroatoms. The Balaban J connectivity index is 1.07. The molecule has 0 saturated carbocycles. The summed E-state index contributed by atoms with van der Waals surface area (Å²) < 4.78 is 3.75. The number of benzene rings is 3. The molecule has 2 heterocycles. The number of halogens is 2. The minimum atomic E-state index is -0.270. The summed E-state index contributed by atoms with van der Waals surface area (Å²) in [7, 11) is 7.33. The Labute approximate surface area is 307 Å². The van der Waals surface area contributed by atoms with Crippen LogP contribution in [0.2, 0.25) is 10.0 Å². The molecular weight excluding hydrogens is 691 g/mol. The van der Waals surface area contributed by atoms with Gasteiger partial charge in [0, 0.05) is 85.5 Å². The molecule has 2 amide bonds. The largest absolute Gasteiger partial charge is 0.506 e. The van der Waals surface area contributed by atoms with Gasteiger partial charge in [0.25, 0.3) is 11.8 Å². The zero-order chi connectivity index (χ0) is 36.5. The van der Waals surface area contributed by atoms with Gasteiger partial charge in [0.1, 0.15) is 11.4 Å². The van der Waals surface area contributed by atoms with Crippen molar-refractivity contribution < 1.29 is 19.3 Å². The van der Waals surface area contributed by atoms with Gasteiger partial charge < -0.3 is 24.7 Å². The van der Waals surface area contributed by atoms with Crippen molar-refractivity contribution in [3.8, 4) is 5.75 Å². The van der Waals surface area contributed by atoms with Crippen LogP contribution in [-0.4, -0.2) is 88.2 Å². The van der Waals surface area contributed by atoms with E-state index in [1.165, 1.54) is 6.07 Å². The first-order valence-corrected chi connectivity index (χ1v) is 17.1. The number of hydrogen-bond acceptors (Lipinski definition) is 9. The fourth-order valence-corrected chi connectivity index (χ4v) is 5.70. The molecule has 0 spiro atoms. The van der Waals surface area contributed by atoms with E-state index in [-0.39, 0.29) is 23.9 Å². The maximum atomic E-state index is 13.2. The lowest BCUT2D eigenvalue weighted by Crippen LogP contribution is -2.36. The van der Waals surface area contributed by atoms with Gasteiger partial charge >= 0.3 is 5.95 Å². The summed E-state index contributed by atoms with van der Waals surface area (Å²) >= 11 is 11.9. The summed E-state index contributed by atoms with van der Waals surface area (Å²) in [5.41, 5.74) is 2.05. The number of nitrogens with zero attached hydrogens (tertiary/aromatic N) is 10. The van der Waals surface area contributed by atoms with Gasteiger partial charge in [-0.15, -0.1) is 5.11 Å². The van der Waals surface area contributed by atoms with Crippen molar-refractivity contribution in [3.05, 3.63) is 113 Å². The average Bonchev–Trinajstić information content (AvgIpc) is 3.66. The Morgan fingerprint density at radius 1 is 0.824 bits per heavy atom. The monoisotopic (exact) mass is 731 g/mol. The molecule has 1 atom stereocenters. The third-order valence-electron chi connectivity index (χ3n) is 8.36. The van der Waals surface area contributed by atoms with Gasteiger partial charge in [-0.1, -0.05) is 28.3 Å². The second-order valence-corrected chi connectivity index (χ2v) is 13.1. The van der Waals surface area contributed by atoms with Gasteiger partial charge in [-0.25, -0.2) is 9.13 Å². The molecular formula is C36H41Cl2N10O3+. The van der Waals surface area contributed by atoms with Gasteiger partial charge in [0.15, 0.2) is 0 Å². The molecule has 5 rings (SSSR count). The molecule has 0 radical (unpaired) electrons. The molecule has 0 saturated heterocycles. The molecule has 1 unspecified atom stereocenters. The van der Waals surface area contributed by atoms with Crippen molar-refractivity contribution in [2.24, 2.45) is 27.5 Å². The highest BCUT2D eigenvalue weighted by Crippen LogP contribution is 2.30. The zero-order valence-electron chi connectivity index (χ0n) is 29.0. The number of hydrogen-bond donors (Lipinski definition) is 1. The average molecular weight is 733 g/mol. The summed E-state index contributed by atoms with van der Waals surface area (Å²) in [5, 5.41) is 28.5. The summed E-state index contributed by atoms with van der Waals surface area (Å²) in [5.74, 6) is 0.282. The molecule has 0 fully saturated rings. The van der Waals surface area contributed by atoms with E-state index in [1.54, 1.807) is 72.4 Å². The lowest BCUT2D eigenvalue weighted by Gasteiger charge is -2.26. The number of imidazole rings is 1. The van der Waals surface area contributed by atoms with Crippen molar-refractivity contribution in [3.63, 3.8) is 0 Å². The van der Waals surface area contributed by atoms with Crippen LogP contribution in [0.1, 0.15) is 33.6 Å². The predicted octanol–water partition coefficient (Wildman–Crippen LogP) is 7.15. The predicted molar refractivity (Wildman–Crippen MR) is 196 cm³/mol. The van der Waals surface area contributed by atoms with E-state index in [0.29, 0.717) is 65.4 Å². The maximum Gasteiger partial charge on any atom is 0.421 e. The minimum absolute atomic E-state index is 0.0549. The normalized spacial score (nSPS) is 14.3. The van der Waals surface area contributed by atoms with E-state index in [1.807, 2.05) is 65.1 Å². The topological polar surface area (TPSA) is 126 Å². The first-order chi connectivity index (χ1) is 24.5. The quantitative estimate of drug-likeness (QED) is 0.109. The van der Waals surface area contributed by atoms with Crippen LogP contribution in [0.5, 0.6) is 5.75 Å². The van der Waals surface area contributed by atoms with Crippen LogP contribution in [0.4, 0.5) is 17.3 Å². The van der Waals surface area contributed by atoms with Crippen LogP contribution in [0.15, 0.2) is 112 Å². The van der Waals surface area contributed by atoms with Crippen LogP contribution in [0.25, 0.3) is 0 Å². The summed E-state index contributed by atoms with van der Waals surface area (Å²) in [6.07, 6.45) is 8.80. The first kappa shape index (κ1) is 37.0. The fourth-order valence-electron chi connectivity index (χ4n) is 5.41. The summed E-state index contributed by atoms with van der Waals surface area (Å²) in [6.45, 7) is 2.33. The standard InChI is InChI=1S/C36H40Cl2N10O3/c1-43(17-5-19-47-23-21-45(3)35(47)41-39-30-14-11-28(37)12-15-30)33(50)26-7-9-27(10-8-26)34(51)44(2)18-6-20-48-24-22-46(4)36(48)42-40-31-16-13-29(38)25-32(31)49/h7-16,21-25,35H,5-6,17-20H2,1-4H3/p+1. The van der Waals surface area contributed by atoms with E-state index in [0.717, 1.165) is 12.1 Å². The van der Waals surface area contributed by atoms with Gasteiger partial charge in [0.2, 0.25) is 6.29 Å². The molecule has 1 aromatic heterocycles. The van der Waals surface area contributed by atoms with Crippen LogP contribution < -0.4 is 4.57 Å². The number of rotatable bonds is 14. The Morgan fingerprint density at radius 3 is 2.06 bits per heavy atom. The molecule has 4 aromatic rings.